The number of carbonyl (C=O) groups is 2. The largest absolute Gasteiger partial charge is 0.480 e. The van der Waals surface area contributed by atoms with Crippen LogP contribution in [0.4, 0.5) is 50.0 Å². The Kier molecular flexibility index (Phi) is 8.16. The molecule has 0 unspecified atom stereocenters. The number of benzene rings is 1. The number of hydrogen-bond acceptors (Lipinski definition) is 5. The van der Waals surface area contributed by atoms with Gasteiger partial charge in [-0.25, -0.2) is 4.79 Å². The Morgan fingerprint density at radius 3 is 2.00 bits per heavy atom. The summed E-state index contributed by atoms with van der Waals surface area (Å²) in [5.41, 5.74) is -0.877. The molecule has 1 aromatic rings. The van der Waals surface area contributed by atoms with Crippen LogP contribution in [0.15, 0.2) is 18.2 Å². The van der Waals surface area contributed by atoms with Crippen molar-refractivity contribution >= 4 is 17.7 Å². The smallest absolute Gasteiger partial charge is 0.434 e. The predicted molar refractivity (Wildman–Crippen MR) is 96.8 cm³/mol. The first-order chi connectivity index (χ1) is 15.5. The highest BCUT2D eigenvalue weighted by atomic mass is 19.4. The van der Waals surface area contributed by atoms with Gasteiger partial charge in [0.15, 0.2) is 0 Å². The minimum Gasteiger partial charge on any atom is -0.480 e. The summed E-state index contributed by atoms with van der Waals surface area (Å²) in [5, 5.41) is 11.1. The number of hydrogen-bond donors (Lipinski definition) is 2. The van der Waals surface area contributed by atoms with E-state index in [9.17, 15) is 49.1 Å². The fourth-order valence-corrected chi connectivity index (χ4v) is 3.05. The van der Waals surface area contributed by atoms with Crippen molar-refractivity contribution in [3.05, 3.63) is 29.3 Å². The van der Waals surface area contributed by atoms with E-state index in [1.54, 1.807) is 4.90 Å². The molecule has 192 valence electrons. The molecule has 1 heterocycles. The number of anilines is 1. The zero-order valence-electron chi connectivity index (χ0n) is 17.0. The number of carboxylic acids is 1. The molecule has 16 heteroatoms. The van der Waals surface area contributed by atoms with Crippen LogP contribution in [-0.4, -0.2) is 78.1 Å². The lowest BCUT2D eigenvalue weighted by atomic mass is 10.1. The molecule has 1 aromatic carbocycles. The average molecular weight is 511 g/mol. The molecule has 1 amide bonds. The van der Waals surface area contributed by atoms with Crippen LogP contribution < -0.4 is 5.32 Å². The van der Waals surface area contributed by atoms with Crippen molar-refractivity contribution < 1.29 is 58.9 Å². The van der Waals surface area contributed by atoms with Gasteiger partial charge in [0.1, 0.15) is 6.54 Å². The van der Waals surface area contributed by atoms with Gasteiger partial charge in [0.25, 0.3) is 6.10 Å². The van der Waals surface area contributed by atoms with Gasteiger partial charge in [-0.2, -0.15) is 39.5 Å². The van der Waals surface area contributed by atoms with Gasteiger partial charge >= 0.3 is 30.6 Å². The van der Waals surface area contributed by atoms with Crippen LogP contribution in [0, 0.1) is 0 Å². The second kappa shape index (κ2) is 10.1. The number of rotatable bonds is 6. The summed E-state index contributed by atoms with van der Waals surface area (Å²) in [6, 6.07) is 2.62. The van der Waals surface area contributed by atoms with Gasteiger partial charge in [-0.3, -0.25) is 9.69 Å². The van der Waals surface area contributed by atoms with Crippen molar-refractivity contribution in [3.63, 3.8) is 0 Å². The zero-order chi connectivity index (χ0) is 25.9. The van der Waals surface area contributed by atoms with Gasteiger partial charge in [-0.1, -0.05) is 6.07 Å². The molecule has 0 aliphatic carbocycles. The maximum Gasteiger partial charge on any atom is 0.434 e. The lowest BCUT2D eigenvalue weighted by Gasteiger charge is -2.35. The molecule has 2 rings (SSSR count). The van der Waals surface area contributed by atoms with Crippen LogP contribution in [-0.2, 0) is 22.3 Å². The first-order valence-electron chi connectivity index (χ1n) is 9.45. The molecular formula is C18H18F9N3O4. The molecule has 1 aliphatic rings. The summed E-state index contributed by atoms with van der Waals surface area (Å²) >= 11 is 0. The van der Waals surface area contributed by atoms with Gasteiger partial charge in [-0.15, -0.1) is 0 Å². The van der Waals surface area contributed by atoms with Crippen molar-refractivity contribution in [3.8, 4) is 0 Å². The van der Waals surface area contributed by atoms with E-state index in [4.69, 9.17) is 5.11 Å². The van der Waals surface area contributed by atoms with Crippen molar-refractivity contribution in [2.75, 3.05) is 38.0 Å². The monoisotopic (exact) mass is 511 g/mol. The highest BCUT2D eigenvalue weighted by Gasteiger charge is 2.60. The van der Waals surface area contributed by atoms with Crippen molar-refractivity contribution in [2.24, 2.45) is 0 Å². The number of halogens is 9. The first-order valence-corrected chi connectivity index (χ1v) is 9.45. The van der Waals surface area contributed by atoms with E-state index in [1.807, 2.05) is 0 Å². The third-order valence-corrected chi connectivity index (χ3v) is 4.70. The Labute approximate surface area is 186 Å². The number of nitrogens with one attached hydrogen (secondary N) is 1. The lowest BCUT2D eigenvalue weighted by molar-refractivity contribution is -0.308. The van der Waals surface area contributed by atoms with E-state index in [1.165, 1.54) is 0 Å². The normalized spacial score (nSPS) is 16.0. The van der Waals surface area contributed by atoms with E-state index in [-0.39, 0.29) is 44.0 Å². The van der Waals surface area contributed by atoms with E-state index >= 15 is 0 Å². The predicted octanol–water partition coefficient (Wildman–Crippen LogP) is 3.95. The molecule has 0 saturated carbocycles. The molecule has 1 saturated heterocycles. The summed E-state index contributed by atoms with van der Waals surface area (Å²) in [7, 11) is 0. The minimum atomic E-state index is -5.85. The van der Waals surface area contributed by atoms with Crippen LogP contribution in [0.5, 0.6) is 0 Å². The highest BCUT2D eigenvalue weighted by Crippen LogP contribution is 2.36. The Bertz CT molecular complexity index is 865. The summed E-state index contributed by atoms with van der Waals surface area (Å²) in [4.78, 5) is 24.8. The maximum atomic E-state index is 13.0. The molecule has 0 radical (unpaired) electrons. The standard InChI is InChI=1S/C18H18F9N3O4/c19-16(20,21)11-2-1-10(12(7-11)28-8-13(31)32)9-29-3-5-30(6-4-29)15(33)34-14(17(22,23)24)18(25,26)27/h1-2,7,14,28H,3-6,8-9H2,(H,31,32). The van der Waals surface area contributed by atoms with Gasteiger partial charge in [0, 0.05) is 38.4 Å². The van der Waals surface area contributed by atoms with E-state index in [0.717, 1.165) is 18.2 Å². The Hall–Kier alpha value is -2.91. The third-order valence-electron chi connectivity index (χ3n) is 4.70. The number of ether oxygens (including phenoxy) is 1. The van der Waals surface area contributed by atoms with Crippen LogP contribution in [0.3, 0.4) is 0 Å². The topological polar surface area (TPSA) is 82.1 Å². The van der Waals surface area contributed by atoms with E-state index in [2.05, 4.69) is 10.1 Å². The van der Waals surface area contributed by atoms with Gasteiger partial charge in [0.05, 0.1) is 5.56 Å². The number of carbonyl (C=O) groups excluding carboxylic acids is 1. The lowest BCUT2D eigenvalue weighted by Crippen LogP contribution is -2.52. The molecule has 1 aliphatic heterocycles. The second-order valence-corrected chi connectivity index (χ2v) is 7.23. The number of piperazine rings is 1. The number of nitrogens with zero attached hydrogens (tertiary/aromatic N) is 2. The molecule has 0 spiro atoms. The summed E-state index contributed by atoms with van der Waals surface area (Å²) < 4.78 is 118. The SMILES string of the molecule is O=C(O)CNc1cc(C(F)(F)F)ccc1CN1CCN(C(=O)OC(C(F)(F)F)C(F)(F)F)CC1. The van der Waals surface area contributed by atoms with Gasteiger partial charge in [-0.05, 0) is 17.7 Å². The highest BCUT2D eigenvalue weighted by molar-refractivity contribution is 5.73. The molecule has 1 fully saturated rings. The van der Waals surface area contributed by atoms with Crippen molar-refractivity contribution in [1.82, 2.24) is 9.80 Å². The van der Waals surface area contributed by atoms with E-state index < -0.39 is 48.8 Å². The fraction of sp³-hybridized carbons (Fsp3) is 0.556. The Morgan fingerprint density at radius 1 is 0.971 bits per heavy atom. The van der Waals surface area contributed by atoms with Crippen LogP contribution in [0.25, 0.3) is 0 Å². The second-order valence-electron chi connectivity index (χ2n) is 7.23. The number of amides is 1. The summed E-state index contributed by atoms with van der Waals surface area (Å²) in [6.07, 6.45) is -22.5. The number of carboxylic acid groups (broad SMARTS) is 1. The fourth-order valence-electron chi connectivity index (χ4n) is 3.05. The summed E-state index contributed by atoms with van der Waals surface area (Å²) in [5.74, 6) is -1.33. The number of alkyl halides is 9. The molecule has 2 N–H and O–H groups in total. The summed E-state index contributed by atoms with van der Waals surface area (Å²) in [6.45, 7) is -1.40. The quantitative estimate of drug-likeness (QED) is 0.564. The minimum absolute atomic E-state index is 0.0310. The van der Waals surface area contributed by atoms with Crippen LogP contribution >= 0.6 is 0 Å². The van der Waals surface area contributed by atoms with E-state index in [0.29, 0.717) is 4.90 Å². The number of aliphatic carboxylic acids is 1. The van der Waals surface area contributed by atoms with Crippen molar-refractivity contribution in [2.45, 2.75) is 31.2 Å². The first kappa shape index (κ1) is 27.3. The van der Waals surface area contributed by atoms with Gasteiger partial charge < -0.3 is 20.1 Å². The van der Waals surface area contributed by atoms with Crippen LogP contribution in [0.1, 0.15) is 11.1 Å². The Balaban J connectivity index is 2.04. The molecule has 0 bridgehead atoms. The van der Waals surface area contributed by atoms with Crippen LogP contribution in [0.2, 0.25) is 0 Å². The molecule has 0 aromatic heterocycles. The third kappa shape index (κ3) is 7.56. The Morgan fingerprint density at radius 2 is 1.53 bits per heavy atom. The van der Waals surface area contributed by atoms with Crippen molar-refractivity contribution in [1.29, 1.82) is 0 Å². The molecule has 7 nitrogen and oxygen atoms in total. The molecule has 0 atom stereocenters. The zero-order valence-corrected chi connectivity index (χ0v) is 17.0. The molecule has 34 heavy (non-hydrogen) atoms. The molecular weight excluding hydrogens is 493 g/mol. The van der Waals surface area contributed by atoms with Gasteiger partial charge in [0.2, 0.25) is 0 Å². The maximum absolute atomic E-state index is 13.0. The average Bonchev–Trinajstić information content (AvgIpc) is 2.69.